The summed E-state index contributed by atoms with van der Waals surface area (Å²) in [6, 6.07) is 3.51. The van der Waals surface area contributed by atoms with Crippen LogP contribution in [0.5, 0.6) is 0 Å². The minimum Gasteiger partial charge on any atom is -0.364 e. The van der Waals surface area contributed by atoms with Gasteiger partial charge in [-0.25, -0.2) is 5.01 Å². The van der Waals surface area contributed by atoms with Crippen molar-refractivity contribution in [3.8, 4) is 0 Å². The Labute approximate surface area is 94.6 Å². The highest BCUT2D eigenvalue weighted by atomic mass is 16.1. The van der Waals surface area contributed by atoms with Crippen molar-refractivity contribution in [2.45, 2.75) is 19.3 Å². The lowest BCUT2D eigenvalue weighted by molar-refractivity contribution is 0.0995. The number of nitrogens with one attached hydrogen (secondary N) is 1. The van der Waals surface area contributed by atoms with Gasteiger partial charge in [0.15, 0.2) is 0 Å². The molecule has 1 amide bonds. The third-order valence-corrected chi connectivity index (χ3v) is 2.66. The fourth-order valence-electron chi connectivity index (χ4n) is 1.82. The Bertz CT molecular complexity index is 374. The van der Waals surface area contributed by atoms with Crippen molar-refractivity contribution in [1.29, 1.82) is 0 Å². The molecule has 1 aliphatic heterocycles. The average Bonchev–Trinajstić information content (AvgIpc) is 2.30. The first-order valence-electron chi connectivity index (χ1n) is 5.53. The van der Waals surface area contributed by atoms with E-state index in [1.54, 1.807) is 12.3 Å². The molecule has 1 aromatic rings. The number of nitrogens with two attached hydrogens (primary N) is 1. The first kappa shape index (κ1) is 10.9. The largest absolute Gasteiger partial charge is 0.364 e. The second-order valence-electron chi connectivity index (χ2n) is 3.95. The minimum absolute atomic E-state index is 0.294. The van der Waals surface area contributed by atoms with Crippen LogP contribution in [0.1, 0.15) is 29.8 Å². The highest BCUT2D eigenvalue weighted by molar-refractivity contribution is 5.91. The number of carbonyl (C=O) groups is 1. The standard InChI is InChI=1S/C11H16N4O/c12-11(16)10-8-9(4-5-13-10)14-15-6-2-1-3-7-15/h4-5,8H,1-3,6-7H2,(H2,12,16)(H,13,14). The molecular weight excluding hydrogens is 204 g/mol. The lowest BCUT2D eigenvalue weighted by Crippen LogP contribution is -2.34. The fourth-order valence-corrected chi connectivity index (χ4v) is 1.82. The van der Waals surface area contributed by atoms with E-state index in [-0.39, 0.29) is 0 Å². The molecular formula is C11H16N4O. The van der Waals surface area contributed by atoms with E-state index >= 15 is 0 Å². The van der Waals surface area contributed by atoms with E-state index in [1.165, 1.54) is 19.3 Å². The van der Waals surface area contributed by atoms with Gasteiger partial charge in [0.25, 0.3) is 5.91 Å². The molecule has 0 bridgehead atoms. The van der Waals surface area contributed by atoms with Gasteiger partial charge in [0.2, 0.25) is 0 Å². The van der Waals surface area contributed by atoms with Crippen molar-refractivity contribution in [2.24, 2.45) is 5.73 Å². The van der Waals surface area contributed by atoms with E-state index < -0.39 is 5.91 Å². The summed E-state index contributed by atoms with van der Waals surface area (Å²) < 4.78 is 0. The van der Waals surface area contributed by atoms with Crippen LogP contribution in [0.3, 0.4) is 0 Å². The van der Waals surface area contributed by atoms with Crippen LogP contribution >= 0.6 is 0 Å². The summed E-state index contributed by atoms with van der Waals surface area (Å²) >= 11 is 0. The quantitative estimate of drug-likeness (QED) is 0.797. The number of hydrogen-bond acceptors (Lipinski definition) is 4. The maximum absolute atomic E-state index is 11.0. The van der Waals surface area contributed by atoms with Crippen LogP contribution in [0.4, 0.5) is 5.69 Å². The smallest absolute Gasteiger partial charge is 0.267 e. The molecule has 1 fully saturated rings. The fraction of sp³-hybridized carbons (Fsp3) is 0.455. The van der Waals surface area contributed by atoms with E-state index in [0.717, 1.165) is 18.8 Å². The zero-order chi connectivity index (χ0) is 11.4. The predicted octanol–water partition coefficient (Wildman–Crippen LogP) is 0.993. The van der Waals surface area contributed by atoms with Gasteiger partial charge in [0, 0.05) is 19.3 Å². The number of piperidine rings is 1. The summed E-state index contributed by atoms with van der Waals surface area (Å²) in [7, 11) is 0. The summed E-state index contributed by atoms with van der Waals surface area (Å²) in [6.07, 6.45) is 5.30. The Morgan fingerprint density at radius 2 is 2.12 bits per heavy atom. The van der Waals surface area contributed by atoms with E-state index in [1.807, 2.05) is 6.07 Å². The average molecular weight is 220 g/mol. The molecule has 86 valence electrons. The maximum atomic E-state index is 11.0. The van der Waals surface area contributed by atoms with Crippen LogP contribution < -0.4 is 11.2 Å². The molecule has 0 aliphatic carbocycles. The summed E-state index contributed by atoms with van der Waals surface area (Å²) in [5.41, 5.74) is 9.59. The van der Waals surface area contributed by atoms with Gasteiger partial charge < -0.3 is 11.2 Å². The zero-order valence-corrected chi connectivity index (χ0v) is 9.15. The van der Waals surface area contributed by atoms with Gasteiger partial charge in [0.05, 0.1) is 5.69 Å². The SMILES string of the molecule is NC(=O)c1cc(NN2CCCCC2)ccn1. The number of carbonyl (C=O) groups excluding carboxylic acids is 1. The summed E-state index contributed by atoms with van der Waals surface area (Å²) in [5.74, 6) is -0.498. The monoisotopic (exact) mass is 220 g/mol. The molecule has 0 unspecified atom stereocenters. The Balaban J connectivity index is 2.02. The summed E-state index contributed by atoms with van der Waals surface area (Å²) in [4.78, 5) is 14.9. The van der Waals surface area contributed by atoms with Crippen molar-refractivity contribution < 1.29 is 4.79 Å². The topological polar surface area (TPSA) is 71.2 Å². The van der Waals surface area contributed by atoms with Crippen LogP contribution in [-0.4, -0.2) is 29.0 Å². The molecule has 2 heterocycles. The van der Waals surface area contributed by atoms with Gasteiger partial charge in [-0.2, -0.15) is 0 Å². The van der Waals surface area contributed by atoms with Crippen LogP contribution in [0.2, 0.25) is 0 Å². The first-order valence-corrected chi connectivity index (χ1v) is 5.53. The number of nitrogens with zero attached hydrogens (tertiary/aromatic N) is 2. The number of pyridine rings is 1. The second kappa shape index (κ2) is 4.94. The zero-order valence-electron chi connectivity index (χ0n) is 9.15. The number of primary amides is 1. The Morgan fingerprint density at radius 3 is 2.81 bits per heavy atom. The van der Waals surface area contributed by atoms with E-state index in [0.29, 0.717) is 5.69 Å². The molecule has 2 rings (SSSR count). The summed E-state index contributed by atoms with van der Waals surface area (Å²) in [6.45, 7) is 2.07. The molecule has 0 aromatic carbocycles. The van der Waals surface area contributed by atoms with Crippen LogP contribution in [0, 0.1) is 0 Å². The van der Waals surface area contributed by atoms with Crippen molar-refractivity contribution in [3.63, 3.8) is 0 Å². The second-order valence-corrected chi connectivity index (χ2v) is 3.95. The van der Waals surface area contributed by atoms with Crippen molar-refractivity contribution in [1.82, 2.24) is 9.99 Å². The molecule has 0 atom stereocenters. The lowest BCUT2D eigenvalue weighted by atomic mass is 10.2. The summed E-state index contributed by atoms with van der Waals surface area (Å²) in [5, 5.41) is 2.16. The van der Waals surface area contributed by atoms with Crippen molar-refractivity contribution in [3.05, 3.63) is 24.0 Å². The van der Waals surface area contributed by atoms with E-state index in [9.17, 15) is 4.79 Å². The molecule has 1 aliphatic rings. The number of hydrazine groups is 1. The van der Waals surface area contributed by atoms with Gasteiger partial charge in [-0.15, -0.1) is 0 Å². The molecule has 5 heteroatoms. The Hall–Kier alpha value is -1.62. The number of hydrogen-bond donors (Lipinski definition) is 2. The molecule has 1 saturated heterocycles. The molecule has 5 nitrogen and oxygen atoms in total. The minimum atomic E-state index is -0.498. The molecule has 0 saturated carbocycles. The molecule has 0 spiro atoms. The van der Waals surface area contributed by atoms with Gasteiger partial charge in [-0.3, -0.25) is 9.78 Å². The van der Waals surface area contributed by atoms with Crippen LogP contribution in [0.25, 0.3) is 0 Å². The molecule has 0 radical (unpaired) electrons. The number of anilines is 1. The van der Waals surface area contributed by atoms with Gasteiger partial charge in [0.1, 0.15) is 5.69 Å². The lowest BCUT2D eigenvalue weighted by Gasteiger charge is -2.27. The van der Waals surface area contributed by atoms with Crippen LogP contribution in [-0.2, 0) is 0 Å². The van der Waals surface area contributed by atoms with Crippen LogP contribution in [0.15, 0.2) is 18.3 Å². The van der Waals surface area contributed by atoms with Crippen molar-refractivity contribution >= 4 is 11.6 Å². The number of aromatic nitrogens is 1. The molecule has 16 heavy (non-hydrogen) atoms. The normalized spacial score (nSPS) is 17.0. The van der Waals surface area contributed by atoms with Gasteiger partial charge in [-0.05, 0) is 25.0 Å². The van der Waals surface area contributed by atoms with Gasteiger partial charge in [-0.1, -0.05) is 6.42 Å². The third kappa shape index (κ3) is 2.70. The highest BCUT2D eigenvalue weighted by Crippen LogP contribution is 2.13. The Morgan fingerprint density at radius 1 is 1.38 bits per heavy atom. The number of rotatable bonds is 3. The van der Waals surface area contributed by atoms with Gasteiger partial charge >= 0.3 is 0 Å². The number of amides is 1. The Kier molecular flexibility index (Phi) is 3.36. The highest BCUT2D eigenvalue weighted by Gasteiger charge is 2.10. The van der Waals surface area contributed by atoms with E-state index in [2.05, 4.69) is 15.4 Å². The molecule has 1 aromatic heterocycles. The maximum Gasteiger partial charge on any atom is 0.267 e. The van der Waals surface area contributed by atoms with Crippen molar-refractivity contribution in [2.75, 3.05) is 18.5 Å². The predicted molar refractivity (Wildman–Crippen MR) is 61.8 cm³/mol. The molecule has 3 N–H and O–H groups in total. The van der Waals surface area contributed by atoms with E-state index in [4.69, 9.17) is 5.73 Å². The third-order valence-electron chi connectivity index (χ3n) is 2.66. The first-order chi connectivity index (χ1) is 7.75.